The van der Waals surface area contributed by atoms with Crippen LogP contribution < -0.4 is 14.8 Å². The standard InChI is InChI=1S/C31H31F3N2O5/c1-18(21-9-7-11-24(16-21)41-31(32,33)34)35-28(37)22-12-13-25-26(19(2)36(5)27(25)17-22)15-20-8-6-10-23(14-20)40-30(3,4)29(38)39/h6-14,16-18H,15H2,1-5H3,(H,35,37)(H,38,39)/t18-/m0/s1. The molecule has 0 saturated heterocycles. The first-order valence-electron chi connectivity index (χ1n) is 12.9. The van der Waals surface area contributed by atoms with Gasteiger partial charge in [0.15, 0.2) is 5.60 Å². The van der Waals surface area contributed by atoms with E-state index < -0.39 is 24.0 Å². The highest BCUT2D eigenvalue weighted by Crippen LogP contribution is 2.30. The first-order valence-corrected chi connectivity index (χ1v) is 12.9. The van der Waals surface area contributed by atoms with E-state index in [0.29, 0.717) is 23.3 Å². The van der Waals surface area contributed by atoms with Gasteiger partial charge in [-0.25, -0.2) is 4.79 Å². The molecule has 0 radical (unpaired) electrons. The second-order valence-corrected chi connectivity index (χ2v) is 10.4. The van der Waals surface area contributed by atoms with Crippen molar-refractivity contribution in [2.45, 2.75) is 52.1 Å². The summed E-state index contributed by atoms with van der Waals surface area (Å²) in [6.07, 6.45) is -4.24. The van der Waals surface area contributed by atoms with Gasteiger partial charge >= 0.3 is 12.3 Å². The lowest BCUT2D eigenvalue weighted by molar-refractivity contribution is -0.274. The predicted molar refractivity (Wildman–Crippen MR) is 148 cm³/mol. The minimum Gasteiger partial charge on any atom is -0.478 e. The number of rotatable bonds is 9. The van der Waals surface area contributed by atoms with E-state index in [1.165, 1.54) is 32.0 Å². The summed E-state index contributed by atoms with van der Waals surface area (Å²) in [5, 5.41) is 13.2. The van der Waals surface area contributed by atoms with Gasteiger partial charge < -0.3 is 24.5 Å². The Morgan fingerprint density at radius 1 is 0.976 bits per heavy atom. The number of benzene rings is 3. The number of carboxylic acid groups (broad SMARTS) is 1. The maximum absolute atomic E-state index is 13.1. The van der Waals surface area contributed by atoms with E-state index in [0.717, 1.165) is 27.7 Å². The molecule has 0 aliphatic heterocycles. The highest BCUT2D eigenvalue weighted by molar-refractivity contribution is 5.99. The second kappa shape index (κ2) is 11.2. The Kier molecular flexibility index (Phi) is 8.05. The summed E-state index contributed by atoms with van der Waals surface area (Å²) in [5.74, 6) is -1.33. The Balaban J connectivity index is 1.54. The first-order chi connectivity index (χ1) is 19.1. The molecular formula is C31H31F3N2O5. The van der Waals surface area contributed by atoms with E-state index in [2.05, 4.69) is 10.1 Å². The van der Waals surface area contributed by atoms with E-state index in [1.54, 1.807) is 31.2 Å². The van der Waals surface area contributed by atoms with Crippen molar-refractivity contribution in [3.05, 3.63) is 94.7 Å². The minimum atomic E-state index is -4.81. The van der Waals surface area contributed by atoms with E-state index in [1.807, 2.05) is 42.8 Å². The van der Waals surface area contributed by atoms with Crippen molar-refractivity contribution in [3.63, 3.8) is 0 Å². The van der Waals surface area contributed by atoms with Crippen molar-refractivity contribution in [3.8, 4) is 11.5 Å². The fraction of sp³-hybridized carbons (Fsp3) is 0.290. The molecule has 41 heavy (non-hydrogen) atoms. The third-order valence-corrected chi connectivity index (χ3v) is 6.99. The zero-order valence-electron chi connectivity index (χ0n) is 23.3. The molecule has 1 heterocycles. The summed E-state index contributed by atoms with van der Waals surface area (Å²) in [6, 6.07) is 17.6. The quantitative estimate of drug-likeness (QED) is 0.234. The van der Waals surface area contributed by atoms with Crippen LogP contribution in [-0.4, -0.2) is 33.5 Å². The van der Waals surface area contributed by atoms with Gasteiger partial charge in [0.1, 0.15) is 11.5 Å². The number of hydrogen-bond acceptors (Lipinski definition) is 4. The number of nitrogens with one attached hydrogen (secondary N) is 1. The number of ether oxygens (including phenoxy) is 2. The fourth-order valence-electron chi connectivity index (χ4n) is 4.61. The largest absolute Gasteiger partial charge is 0.573 e. The van der Waals surface area contributed by atoms with Crippen LogP contribution in [0, 0.1) is 6.92 Å². The lowest BCUT2D eigenvalue weighted by Gasteiger charge is -2.21. The van der Waals surface area contributed by atoms with Crippen LogP contribution in [0.2, 0.25) is 0 Å². The molecule has 4 aromatic rings. The maximum atomic E-state index is 13.1. The second-order valence-electron chi connectivity index (χ2n) is 10.4. The van der Waals surface area contributed by atoms with Gasteiger partial charge in [-0.05, 0) is 87.2 Å². The van der Waals surface area contributed by atoms with Gasteiger partial charge in [0.25, 0.3) is 5.91 Å². The molecule has 216 valence electrons. The molecule has 1 atom stereocenters. The number of carbonyl (C=O) groups excluding carboxylic acids is 1. The highest BCUT2D eigenvalue weighted by atomic mass is 19.4. The van der Waals surface area contributed by atoms with Crippen molar-refractivity contribution in [1.29, 1.82) is 0 Å². The first kappa shape index (κ1) is 29.5. The summed E-state index contributed by atoms with van der Waals surface area (Å²) in [4.78, 5) is 24.6. The third-order valence-electron chi connectivity index (χ3n) is 6.99. The van der Waals surface area contributed by atoms with Crippen LogP contribution in [0.1, 0.15) is 59.6 Å². The number of halogens is 3. The van der Waals surface area contributed by atoms with Gasteiger partial charge in [-0.3, -0.25) is 4.79 Å². The number of carbonyl (C=O) groups is 2. The molecule has 4 rings (SSSR count). The number of amides is 1. The SMILES string of the molecule is Cc1c(Cc2cccc(OC(C)(C)C(=O)O)c2)c2ccc(C(=O)N[C@@H](C)c3cccc(OC(F)(F)F)c3)cc2n1C. The lowest BCUT2D eigenvalue weighted by atomic mass is 10.0. The molecule has 0 bridgehead atoms. The summed E-state index contributed by atoms with van der Waals surface area (Å²) in [6.45, 7) is 6.65. The molecular weight excluding hydrogens is 537 g/mol. The van der Waals surface area contributed by atoms with Gasteiger partial charge in [-0.1, -0.05) is 30.3 Å². The van der Waals surface area contributed by atoms with Gasteiger partial charge in [0, 0.05) is 29.2 Å². The normalized spacial score (nSPS) is 12.7. The van der Waals surface area contributed by atoms with Crippen molar-refractivity contribution in [1.82, 2.24) is 9.88 Å². The molecule has 0 spiro atoms. The Labute approximate surface area is 235 Å². The molecule has 0 unspecified atom stereocenters. The molecule has 7 nitrogen and oxygen atoms in total. The van der Waals surface area contributed by atoms with E-state index in [4.69, 9.17) is 4.74 Å². The van der Waals surface area contributed by atoms with Crippen LogP contribution in [0.3, 0.4) is 0 Å². The maximum Gasteiger partial charge on any atom is 0.573 e. The number of aliphatic carboxylic acids is 1. The summed E-state index contributed by atoms with van der Waals surface area (Å²) >= 11 is 0. The van der Waals surface area contributed by atoms with Crippen molar-refractivity contribution in [2.24, 2.45) is 7.05 Å². The van der Waals surface area contributed by atoms with Crippen LogP contribution in [0.15, 0.2) is 66.7 Å². The molecule has 1 aromatic heterocycles. The van der Waals surface area contributed by atoms with E-state index >= 15 is 0 Å². The molecule has 0 aliphatic carbocycles. The minimum absolute atomic E-state index is 0.355. The molecule has 3 aromatic carbocycles. The number of aryl methyl sites for hydroxylation is 1. The zero-order chi connectivity index (χ0) is 30.1. The summed E-state index contributed by atoms with van der Waals surface area (Å²) < 4.78 is 49.5. The summed E-state index contributed by atoms with van der Waals surface area (Å²) in [7, 11) is 1.91. The average Bonchev–Trinajstić information content (AvgIpc) is 3.12. The number of nitrogens with zero attached hydrogens (tertiary/aromatic N) is 1. The van der Waals surface area contributed by atoms with E-state index in [-0.39, 0.29) is 11.7 Å². The predicted octanol–water partition coefficient (Wildman–Crippen LogP) is 6.71. The highest BCUT2D eigenvalue weighted by Gasteiger charge is 2.31. The fourth-order valence-corrected chi connectivity index (χ4v) is 4.61. The Hall–Kier alpha value is -4.47. The number of carboxylic acids is 1. The Morgan fingerprint density at radius 2 is 1.63 bits per heavy atom. The number of alkyl halides is 3. The molecule has 1 amide bonds. The smallest absolute Gasteiger partial charge is 0.478 e. The van der Waals surface area contributed by atoms with Crippen LogP contribution in [0.25, 0.3) is 10.9 Å². The lowest BCUT2D eigenvalue weighted by Crippen LogP contribution is -2.37. The van der Waals surface area contributed by atoms with Crippen LogP contribution in [0.4, 0.5) is 13.2 Å². The molecule has 0 fully saturated rings. The average molecular weight is 569 g/mol. The van der Waals surface area contributed by atoms with Crippen molar-refractivity contribution < 1.29 is 37.3 Å². The Morgan fingerprint density at radius 3 is 2.29 bits per heavy atom. The van der Waals surface area contributed by atoms with Gasteiger partial charge in [-0.15, -0.1) is 13.2 Å². The van der Waals surface area contributed by atoms with E-state index in [9.17, 15) is 27.9 Å². The number of aromatic nitrogens is 1. The van der Waals surface area contributed by atoms with Crippen LogP contribution >= 0.6 is 0 Å². The van der Waals surface area contributed by atoms with Crippen molar-refractivity contribution in [2.75, 3.05) is 0 Å². The number of hydrogen-bond donors (Lipinski definition) is 2. The van der Waals surface area contributed by atoms with Crippen LogP contribution in [-0.2, 0) is 18.3 Å². The molecule has 2 N–H and O–H groups in total. The Bertz CT molecular complexity index is 1610. The number of fused-ring (bicyclic) bond motifs is 1. The monoisotopic (exact) mass is 568 g/mol. The van der Waals surface area contributed by atoms with Gasteiger partial charge in [-0.2, -0.15) is 0 Å². The molecule has 0 aliphatic rings. The summed E-state index contributed by atoms with van der Waals surface area (Å²) in [5.41, 5.74) is 3.34. The third kappa shape index (κ3) is 6.82. The van der Waals surface area contributed by atoms with Gasteiger partial charge in [0.2, 0.25) is 0 Å². The molecule has 0 saturated carbocycles. The van der Waals surface area contributed by atoms with Gasteiger partial charge in [0.05, 0.1) is 6.04 Å². The molecule has 10 heteroatoms. The topological polar surface area (TPSA) is 89.8 Å². The zero-order valence-corrected chi connectivity index (χ0v) is 23.3. The van der Waals surface area contributed by atoms with Crippen molar-refractivity contribution >= 4 is 22.8 Å². The van der Waals surface area contributed by atoms with Crippen LogP contribution in [0.5, 0.6) is 11.5 Å².